The molecule has 24 heavy (non-hydrogen) atoms. The molecule has 132 valence electrons. The number of thioether (sulfide) groups is 1. The number of aryl methyl sites for hydroxylation is 1. The zero-order valence-corrected chi connectivity index (χ0v) is 16.3. The van der Waals surface area contributed by atoms with Gasteiger partial charge in [-0.1, -0.05) is 11.8 Å². The second-order valence-electron chi connectivity index (χ2n) is 4.56. The molecule has 0 amide bonds. The van der Waals surface area contributed by atoms with Gasteiger partial charge in [0.05, 0.1) is 11.4 Å². The molecule has 0 saturated carbocycles. The average molecular weight is 369 g/mol. The summed E-state index contributed by atoms with van der Waals surface area (Å²) in [7, 11) is 1.85. The van der Waals surface area contributed by atoms with Crippen molar-refractivity contribution in [3.63, 3.8) is 0 Å². The van der Waals surface area contributed by atoms with Crippen molar-refractivity contribution in [2.45, 2.75) is 20.8 Å². The summed E-state index contributed by atoms with van der Waals surface area (Å²) >= 11 is 6.62. The van der Waals surface area contributed by atoms with E-state index in [-0.39, 0.29) is 0 Å². The maximum atomic E-state index is 5.12. The summed E-state index contributed by atoms with van der Waals surface area (Å²) in [6.07, 6.45) is 3.66. The van der Waals surface area contributed by atoms with Crippen LogP contribution < -0.4 is 16.2 Å². The van der Waals surface area contributed by atoms with Crippen molar-refractivity contribution >= 4 is 45.7 Å². The van der Waals surface area contributed by atoms with Crippen LogP contribution in [0.15, 0.2) is 27.5 Å². The van der Waals surface area contributed by atoms with Crippen molar-refractivity contribution < 1.29 is 0 Å². The van der Waals surface area contributed by atoms with E-state index in [1.807, 2.05) is 40.1 Å². The molecule has 0 aliphatic rings. The van der Waals surface area contributed by atoms with Crippen LogP contribution in [0, 0.1) is 0 Å². The van der Waals surface area contributed by atoms with Crippen LogP contribution >= 0.6 is 24.0 Å². The first-order valence-electron chi connectivity index (χ1n) is 7.52. The summed E-state index contributed by atoms with van der Waals surface area (Å²) in [4.78, 5) is 4.33. The Morgan fingerprint density at radius 1 is 1.33 bits per heavy atom. The van der Waals surface area contributed by atoms with E-state index < -0.39 is 0 Å². The minimum Gasteiger partial charge on any atom is -0.362 e. The number of thiocarbonyl (C=S) groups is 1. The highest BCUT2D eigenvalue weighted by Gasteiger charge is 2.13. The highest BCUT2D eigenvalue weighted by Crippen LogP contribution is 2.03. The fourth-order valence-corrected chi connectivity index (χ4v) is 2.30. The predicted octanol–water partition coefficient (Wildman–Crippen LogP) is 1.31. The van der Waals surface area contributed by atoms with Crippen molar-refractivity contribution in [2.24, 2.45) is 22.2 Å². The molecule has 1 aromatic heterocycles. The molecular formula is C14H24N8S2. The summed E-state index contributed by atoms with van der Waals surface area (Å²) in [6, 6.07) is 1.87. The molecule has 10 heteroatoms. The molecule has 0 radical (unpaired) electrons. The SMILES string of the molecule is CCN=C(N/N=C(/C(C)=N/NC(=S)NCC)c1ccnn1C)SC. The Morgan fingerprint density at radius 3 is 2.62 bits per heavy atom. The number of hydrogen-bond donors (Lipinski definition) is 3. The van der Waals surface area contributed by atoms with Crippen LogP contribution in [-0.2, 0) is 7.05 Å². The van der Waals surface area contributed by atoms with Crippen molar-refractivity contribution in [1.29, 1.82) is 0 Å². The highest BCUT2D eigenvalue weighted by atomic mass is 32.2. The van der Waals surface area contributed by atoms with E-state index in [1.165, 1.54) is 11.8 Å². The fraction of sp³-hybridized carbons (Fsp3) is 0.500. The zero-order valence-electron chi connectivity index (χ0n) is 14.6. The molecule has 1 rings (SSSR count). The van der Waals surface area contributed by atoms with Crippen LogP contribution in [0.3, 0.4) is 0 Å². The molecule has 1 heterocycles. The molecule has 8 nitrogen and oxygen atoms in total. The second kappa shape index (κ2) is 10.8. The molecule has 0 aromatic carbocycles. The van der Waals surface area contributed by atoms with Gasteiger partial charge in [0.2, 0.25) is 0 Å². The maximum Gasteiger partial charge on any atom is 0.186 e. The lowest BCUT2D eigenvalue weighted by Crippen LogP contribution is -2.33. The van der Waals surface area contributed by atoms with E-state index in [2.05, 4.69) is 36.5 Å². The number of aromatic nitrogens is 2. The summed E-state index contributed by atoms with van der Waals surface area (Å²) in [5.74, 6) is 0. The van der Waals surface area contributed by atoms with E-state index in [1.54, 1.807) is 10.9 Å². The minimum absolute atomic E-state index is 0.464. The normalized spacial score (nSPS) is 13.0. The van der Waals surface area contributed by atoms with Gasteiger partial charge in [0.25, 0.3) is 0 Å². The van der Waals surface area contributed by atoms with E-state index in [0.29, 0.717) is 23.1 Å². The van der Waals surface area contributed by atoms with Gasteiger partial charge in [-0.05, 0) is 45.3 Å². The maximum absolute atomic E-state index is 5.12. The summed E-state index contributed by atoms with van der Waals surface area (Å²) in [5, 5.41) is 17.1. The first-order chi connectivity index (χ1) is 11.5. The topological polar surface area (TPSA) is 91.0 Å². The number of amidine groups is 1. The number of hydrazone groups is 2. The minimum atomic E-state index is 0.464. The molecule has 0 fully saturated rings. The van der Waals surface area contributed by atoms with Gasteiger partial charge in [-0.2, -0.15) is 15.3 Å². The third-order valence-corrected chi connectivity index (χ3v) is 3.67. The first-order valence-corrected chi connectivity index (χ1v) is 9.15. The summed E-state index contributed by atoms with van der Waals surface area (Å²) in [6.45, 7) is 7.21. The van der Waals surface area contributed by atoms with Crippen LogP contribution in [-0.4, -0.2) is 50.8 Å². The second-order valence-corrected chi connectivity index (χ2v) is 5.77. The largest absolute Gasteiger partial charge is 0.362 e. The molecule has 0 aliphatic carbocycles. The van der Waals surface area contributed by atoms with Gasteiger partial charge < -0.3 is 5.32 Å². The van der Waals surface area contributed by atoms with E-state index in [4.69, 9.17) is 12.2 Å². The van der Waals surface area contributed by atoms with Crippen LogP contribution in [0.1, 0.15) is 26.5 Å². The molecule has 1 aromatic rings. The smallest absolute Gasteiger partial charge is 0.186 e. The van der Waals surface area contributed by atoms with Gasteiger partial charge >= 0.3 is 0 Å². The first kappa shape index (κ1) is 20.1. The molecule has 3 N–H and O–H groups in total. The Kier molecular flexibility index (Phi) is 9.02. The van der Waals surface area contributed by atoms with Crippen molar-refractivity contribution in [1.82, 2.24) is 25.9 Å². The summed E-state index contributed by atoms with van der Waals surface area (Å²) in [5.41, 5.74) is 7.94. The van der Waals surface area contributed by atoms with Crippen molar-refractivity contribution in [3.05, 3.63) is 18.0 Å². The lowest BCUT2D eigenvalue weighted by molar-refractivity contribution is 0.759. The third kappa shape index (κ3) is 6.28. The van der Waals surface area contributed by atoms with Gasteiger partial charge in [-0.3, -0.25) is 20.5 Å². The number of nitrogens with zero attached hydrogens (tertiary/aromatic N) is 5. The van der Waals surface area contributed by atoms with Crippen molar-refractivity contribution in [2.75, 3.05) is 19.3 Å². The van der Waals surface area contributed by atoms with Crippen LogP contribution in [0.4, 0.5) is 0 Å². The molecule has 0 saturated heterocycles. The van der Waals surface area contributed by atoms with Crippen molar-refractivity contribution in [3.8, 4) is 0 Å². The number of rotatable bonds is 6. The number of nitrogens with one attached hydrogen (secondary N) is 3. The van der Waals surface area contributed by atoms with Crippen LogP contribution in [0.5, 0.6) is 0 Å². The van der Waals surface area contributed by atoms with Gasteiger partial charge in [0.15, 0.2) is 10.3 Å². The van der Waals surface area contributed by atoms with Crippen LogP contribution in [0.2, 0.25) is 0 Å². The Labute approximate surface area is 152 Å². The fourth-order valence-electron chi connectivity index (χ4n) is 1.71. The zero-order chi connectivity index (χ0) is 17.9. The Morgan fingerprint density at radius 2 is 2.08 bits per heavy atom. The van der Waals surface area contributed by atoms with Gasteiger partial charge in [-0.15, -0.1) is 0 Å². The summed E-state index contributed by atoms with van der Waals surface area (Å²) < 4.78 is 1.73. The van der Waals surface area contributed by atoms with E-state index >= 15 is 0 Å². The average Bonchev–Trinajstić information content (AvgIpc) is 2.98. The predicted molar refractivity (Wildman–Crippen MR) is 107 cm³/mol. The lowest BCUT2D eigenvalue weighted by atomic mass is 10.2. The molecule has 0 spiro atoms. The number of aliphatic imine (C=N–C) groups is 1. The van der Waals surface area contributed by atoms with Gasteiger partial charge in [-0.25, -0.2) is 0 Å². The highest BCUT2D eigenvalue weighted by molar-refractivity contribution is 8.13. The van der Waals surface area contributed by atoms with Crippen LogP contribution in [0.25, 0.3) is 0 Å². The Hall–Kier alpha value is -1.94. The molecular weight excluding hydrogens is 344 g/mol. The molecule has 0 unspecified atom stereocenters. The molecule has 0 bridgehead atoms. The molecule has 0 aliphatic heterocycles. The monoisotopic (exact) mass is 368 g/mol. The van der Waals surface area contributed by atoms with E-state index in [9.17, 15) is 0 Å². The van der Waals surface area contributed by atoms with Gasteiger partial charge in [0, 0.05) is 26.3 Å². The van der Waals surface area contributed by atoms with Gasteiger partial charge in [0.1, 0.15) is 5.71 Å². The quantitative estimate of drug-likeness (QED) is 0.304. The van der Waals surface area contributed by atoms with E-state index in [0.717, 1.165) is 17.4 Å². The Balaban J connectivity index is 3.06. The third-order valence-electron chi connectivity index (χ3n) is 2.83. The lowest BCUT2D eigenvalue weighted by Gasteiger charge is -2.10. The standard InChI is InChI=1S/C14H24N8S2/c1-6-15-13(23)20-18-10(3)12(11-8-9-17-22(11)4)19-21-14(24-5)16-7-2/h8-9H,6-7H2,1-5H3,(H,16,21)(H2,15,20,23)/b18-10+,19-12-. The Bertz CT molecular complexity index is 632. The molecule has 0 atom stereocenters. The number of hydrogen-bond acceptors (Lipinski definition) is 6.